The van der Waals surface area contributed by atoms with E-state index in [1.807, 2.05) is 0 Å². The van der Waals surface area contributed by atoms with E-state index in [2.05, 4.69) is 40.9 Å². The number of hydrogen-bond donors (Lipinski definition) is 0. The first-order chi connectivity index (χ1) is 10.2. The molecular formula is C20H32O2. The van der Waals surface area contributed by atoms with Gasteiger partial charge in [0.15, 0.2) is 0 Å². The van der Waals surface area contributed by atoms with E-state index in [9.17, 15) is 0 Å². The summed E-state index contributed by atoms with van der Waals surface area (Å²) < 4.78 is 12.1. The molecule has 4 aliphatic carbocycles. The van der Waals surface area contributed by atoms with Gasteiger partial charge in [-0.25, -0.2) is 0 Å². The molecule has 0 aliphatic heterocycles. The fourth-order valence-electron chi connectivity index (χ4n) is 6.34. The molecule has 124 valence electrons. The molecule has 0 heterocycles. The highest BCUT2D eigenvalue weighted by Gasteiger charge is 2.66. The molecule has 0 radical (unpaired) electrons. The van der Waals surface area contributed by atoms with Crippen molar-refractivity contribution < 1.29 is 9.47 Å². The van der Waals surface area contributed by atoms with Gasteiger partial charge in [0, 0.05) is 10.8 Å². The van der Waals surface area contributed by atoms with E-state index in [0.717, 1.165) is 11.8 Å². The topological polar surface area (TPSA) is 18.5 Å². The fraction of sp³-hybridized carbons (Fsp3) is 0.800. The Morgan fingerprint density at radius 1 is 0.818 bits per heavy atom. The number of hydrogen-bond acceptors (Lipinski definition) is 2. The molecule has 4 fully saturated rings. The lowest BCUT2D eigenvalue weighted by Crippen LogP contribution is -2.64. The summed E-state index contributed by atoms with van der Waals surface area (Å²) in [6.07, 6.45) is 11.1. The Hall–Kier alpha value is -0.920. The largest absolute Gasteiger partial charge is 0.496 e. The SMILES string of the molecule is C=COC(C)(C)C12CC3CC(C1)CC(C(C)(C)OC=C)(C3)C2. The second kappa shape index (κ2) is 4.79. The summed E-state index contributed by atoms with van der Waals surface area (Å²) in [6, 6.07) is 0. The van der Waals surface area contributed by atoms with E-state index in [4.69, 9.17) is 9.47 Å². The molecule has 4 bridgehead atoms. The number of rotatable bonds is 6. The van der Waals surface area contributed by atoms with Gasteiger partial charge >= 0.3 is 0 Å². The van der Waals surface area contributed by atoms with Crippen molar-refractivity contribution in [3.05, 3.63) is 25.7 Å². The summed E-state index contributed by atoms with van der Waals surface area (Å²) in [5.74, 6) is 1.64. The highest BCUT2D eigenvalue weighted by molar-refractivity contribution is 5.16. The third kappa shape index (κ3) is 2.06. The Balaban J connectivity index is 2.00. The summed E-state index contributed by atoms with van der Waals surface area (Å²) in [7, 11) is 0. The van der Waals surface area contributed by atoms with Crippen LogP contribution in [-0.4, -0.2) is 11.2 Å². The molecular weight excluding hydrogens is 272 g/mol. The average Bonchev–Trinajstić information content (AvgIpc) is 2.36. The van der Waals surface area contributed by atoms with Gasteiger partial charge in [0.2, 0.25) is 0 Å². The minimum Gasteiger partial charge on any atom is -0.496 e. The van der Waals surface area contributed by atoms with Crippen molar-refractivity contribution in [2.75, 3.05) is 0 Å². The van der Waals surface area contributed by atoms with Crippen LogP contribution in [0.2, 0.25) is 0 Å². The lowest BCUT2D eigenvalue weighted by molar-refractivity contribution is -0.238. The zero-order valence-corrected chi connectivity index (χ0v) is 14.8. The molecule has 0 amide bonds. The van der Waals surface area contributed by atoms with Crippen molar-refractivity contribution in [1.29, 1.82) is 0 Å². The van der Waals surface area contributed by atoms with Crippen LogP contribution in [0.4, 0.5) is 0 Å². The Morgan fingerprint density at radius 3 is 1.50 bits per heavy atom. The summed E-state index contributed by atoms with van der Waals surface area (Å²) in [6.45, 7) is 16.7. The van der Waals surface area contributed by atoms with E-state index < -0.39 is 0 Å². The van der Waals surface area contributed by atoms with Crippen LogP contribution in [0.5, 0.6) is 0 Å². The van der Waals surface area contributed by atoms with Gasteiger partial charge in [-0.05, 0) is 78.1 Å². The predicted octanol–water partition coefficient (Wildman–Crippen LogP) is 5.45. The first-order valence-electron chi connectivity index (χ1n) is 8.77. The van der Waals surface area contributed by atoms with Gasteiger partial charge in [-0.15, -0.1) is 0 Å². The summed E-state index contributed by atoms with van der Waals surface area (Å²) >= 11 is 0. The van der Waals surface area contributed by atoms with Gasteiger partial charge < -0.3 is 9.47 Å². The minimum absolute atomic E-state index is 0.151. The fourth-order valence-corrected chi connectivity index (χ4v) is 6.34. The molecule has 22 heavy (non-hydrogen) atoms. The van der Waals surface area contributed by atoms with Crippen molar-refractivity contribution in [1.82, 2.24) is 0 Å². The Kier molecular flexibility index (Phi) is 3.47. The van der Waals surface area contributed by atoms with Gasteiger partial charge in [0.25, 0.3) is 0 Å². The van der Waals surface area contributed by atoms with Crippen LogP contribution in [0.25, 0.3) is 0 Å². The van der Waals surface area contributed by atoms with E-state index in [-0.39, 0.29) is 22.0 Å². The Morgan fingerprint density at radius 2 is 1.18 bits per heavy atom. The molecule has 4 rings (SSSR count). The van der Waals surface area contributed by atoms with E-state index in [1.54, 1.807) is 12.5 Å². The molecule has 0 aromatic rings. The van der Waals surface area contributed by atoms with Crippen molar-refractivity contribution in [2.45, 2.75) is 77.4 Å². The number of ether oxygens (including phenoxy) is 2. The highest BCUT2D eigenvalue weighted by atomic mass is 16.5. The summed E-state index contributed by atoms with van der Waals surface area (Å²) in [5.41, 5.74) is 0.212. The van der Waals surface area contributed by atoms with Gasteiger partial charge in [-0.2, -0.15) is 0 Å². The van der Waals surface area contributed by atoms with Gasteiger partial charge in [-0.1, -0.05) is 13.2 Å². The second-order valence-electron chi connectivity index (χ2n) is 9.11. The average molecular weight is 304 g/mol. The zero-order chi connectivity index (χ0) is 16.2. The summed E-state index contributed by atoms with van der Waals surface area (Å²) in [5, 5.41) is 0. The van der Waals surface area contributed by atoms with Gasteiger partial charge in [0.05, 0.1) is 12.5 Å². The minimum atomic E-state index is -0.151. The van der Waals surface area contributed by atoms with E-state index in [1.165, 1.54) is 38.5 Å². The smallest absolute Gasteiger partial charge is 0.108 e. The zero-order valence-electron chi connectivity index (χ0n) is 14.8. The Labute approximate surface area is 136 Å². The Bertz CT molecular complexity index is 420. The molecule has 0 N–H and O–H groups in total. The van der Waals surface area contributed by atoms with E-state index >= 15 is 0 Å². The standard InChI is InChI=1S/C20H32O2/c1-7-21-17(3,4)19-10-15-9-16(11-19)13-20(12-15,14-19)18(5,6)22-8-2/h7-8,15-16H,1-2,9-14H2,3-6H3. The monoisotopic (exact) mass is 304 g/mol. The lowest BCUT2D eigenvalue weighted by Gasteiger charge is -2.68. The molecule has 0 unspecified atom stereocenters. The van der Waals surface area contributed by atoms with Crippen LogP contribution in [-0.2, 0) is 9.47 Å². The molecule has 0 spiro atoms. The van der Waals surface area contributed by atoms with Crippen molar-refractivity contribution in [2.24, 2.45) is 22.7 Å². The maximum Gasteiger partial charge on any atom is 0.108 e. The first-order valence-corrected chi connectivity index (χ1v) is 8.77. The maximum absolute atomic E-state index is 6.03. The van der Waals surface area contributed by atoms with Crippen LogP contribution in [0.1, 0.15) is 66.2 Å². The van der Waals surface area contributed by atoms with Crippen LogP contribution < -0.4 is 0 Å². The molecule has 0 saturated heterocycles. The quantitative estimate of drug-likeness (QED) is 0.607. The molecule has 2 nitrogen and oxygen atoms in total. The van der Waals surface area contributed by atoms with Crippen molar-refractivity contribution >= 4 is 0 Å². The molecule has 4 saturated carbocycles. The van der Waals surface area contributed by atoms with Crippen molar-refractivity contribution in [3.63, 3.8) is 0 Å². The van der Waals surface area contributed by atoms with Crippen LogP contribution in [0.15, 0.2) is 25.7 Å². The maximum atomic E-state index is 6.03. The van der Waals surface area contributed by atoms with Crippen molar-refractivity contribution in [3.8, 4) is 0 Å². The normalized spacial score (nSPS) is 40.4. The van der Waals surface area contributed by atoms with Crippen LogP contribution in [0.3, 0.4) is 0 Å². The molecule has 0 atom stereocenters. The third-order valence-electron chi connectivity index (χ3n) is 7.37. The molecule has 0 aromatic carbocycles. The highest BCUT2D eigenvalue weighted by Crippen LogP contribution is 2.71. The van der Waals surface area contributed by atoms with Gasteiger partial charge in [-0.3, -0.25) is 0 Å². The predicted molar refractivity (Wildman–Crippen MR) is 90.3 cm³/mol. The first kappa shape index (κ1) is 16.0. The van der Waals surface area contributed by atoms with Crippen LogP contribution >= 0.6 is 0 Å². The third-order valence-corrected chi connectivity index (χ3v) is 7.37. The van der Waals surface area contributed by atoms with Crippen LogP contribution in [0, 0.1) is 22.7 Å². The lowest BCUT2D eigenvalue weighted by atomic mass is 9.38. The molecule has 4 aliphatic rings. The molecule has 2 heteroatoms. The van der Waals surface area contributed by atoms with Gasteiger partial charge in [0.1, 0.15) is 11.2 Å². The van der Waals surface area contributed by atoms with E-state index in [0.29, 0.717) is 0 Å². The summed E-state index contributed by atoms with van der Waals surface area (Å²) in [4.78, 5) is 0. The molecule has 0 aromatic heterocycles. The second-order valence-corrected chi connectivity index (χ2v) is 9.11.